The van der Waals surface area contributed by atoms with Crippen LogP contribution in [0.2, 0.25) is 0 Å². The number of nitrogens with zero attached hydrogens (tertiary/aromatic N) is 3. The molecule has 1 atom stereocenters. The van der Waals surface area contributed by atoms with Crippen LogP contribution in [0.25, 0.3) is 26.4 Å². The Bertz CT molecular complexity index is 1340. The van der Waals surface area contributed by atoms with E-state index < -0.39 is 0 Å². The summed E-state index contributed by atoms with van der Waals surface area (Å²) in [5.74, 6) is 0.115. The first-order valence-corrected chi connectivity index (χ1v) is 12.9. The molecule has 0 aliphatic carbocycles. The summed E-state index contributed by atoms with van der Waals surface area (Å²) in [6.45, 7) is 4.47. The molecule has 1 amide bonds. The molecule has 176 valence electrons. The third-order valence-corrected chi connectivity index (χ3v) is 7.89. The molecule has 34 heavy (non-hydrogen) atoms. The number of amides is 1. The summed E-state index contributed by atoms with van der Waals surface area (Å²) < 4.78 is 3.15. The summed E-state index contributed by atoms with van der Waals surface area (Å²) in [7, 11) is 1.62. The topological polar surface area (TPSA) is 66.7 Å². The van der Waals surface area contributed by atoms with Crippen LogP contribution in [0.15, 0.2) is 48.7 Å². The molecule has 3 heterocycles. The number of likely N-dealkylation sites (tertiary alicyclic amines) is 1. The minimum atomic E-state index is -0.102. The van der Waals surface area contributed by atoms with Crippen LogP contribution in [0.3, 0.4) is 0 Å². The quantitative estimate of drug-likeness (QED) is 0.364. The molecule has 1 unspecified atom stereocenters. The van der Waals surface area contributed by atoms with E-state index in [1.54, 1.807) is 18.4 Å². The van der Waals surface area contributed by atoms with Gasteiger partial charge in [-0.2, -0.15) is 0 Å². The molecular formula is C27H30N4O2S. The second-order valence-electron chi connectivity index (χ2n) is 9.13. The number of fused-ring (bicyclic) bond motifs is 3. The number of thiazole rings is 1. The first kappa shape index (κ1) is 22.7. The molecule has 0 radical (unpaired) electrons. The molecular weight excluding hydrogens is 444 g/mol. The predicted octanol–water partition coefficient (Wildman–Crippen LogP) is 5.41. The van der Waals surface area contributed by atoms with Gasteiger partial charge < -0.3 is 10.2 Å². The summed E-state index contributed by atoms with van der Waals surface area (Å²) in [6, 6.07) is 14.1. The number of imidazole rings is 1. The third kappa shape index (κ3) is 4.50. The Morgan fingerprint density at radius 3 is 2.68 bits per heavy atom. The minimum absolute atomic E-state index is 0.102. The van der Waals surface area contributed by atoms with Crippen LogP contribution in [0.5, 0.6) is 0 Å². The molecule has 2 aromatic heterocycles. The number of nitrogens with one attached hydrogen (secondary N) is 1. The van der Waals surface area contributed by atoms with Crippen molar-refractivity contribution in [1.29, 1.82) is 0 Å². The molecule has 6 nitrogen and oxygen atoms in total. The maximum atomic E-state index is 12.8. The van der Waals surface area contributed by atoms with Gasteiger partial charge in [0.15, 0.2) is 10.7 Å². The molecule has 1 aliphatic rings. The molecule has 7 heteroatoms. The molecule has 5 rings (SSSR count). The number of hydrogen-bond acceptors (Lipinski definition) is 5. The highest BCUT2D eigenvalue weighted by Crippen LogP contribution is 2.30. The van der Waals surface area contributed by atoms with Crippen LogP contribution in [-0.4, -0.2) is 52.2 Å². The summed E-state index contributed by atoms with van der Waals surface area (Å²) in [4.78, 5) is 32.8. The van der Waals surface area contributed by atoms with Crippen molar-refractivity contribution in [2.75, 3.05) is 20.1 Å². The SMILES string of the molecule is CNC(=O)c1ccc(-c2cn3c(n2)sc2cc(C(=O)CCCN4CCCCC4C)ccc23)cc1. The Labute approximate surface area is 203 Å². The molecule has 1 N–H and O–H groups in total. The Balaban J connectivity index is 1.29. The second kappa shape index (κ2) is 9.68. The van der Waals surface area contributed by atoms with Crippen molar-refractivity contribution >= 4 is 38.2 Å². The monoisotopic (exact) mass is 474 g/mol. The van der Waals surface area contributed by atoms with E-state index in [4.69, 9.17) is 4.98 Å². The summed E-state index contributed by atoms with van der Waals surface area (Å²) in [5, 5.41) is 2.64. The van der Waals surface area contributed by atoms with Crippen LogP contribution < -0.4 is 5.32 Å². The molecule has 4 aromatic rings. The number of carbonyl (C=O) groups is 2. The molecule has 1 aliphatic heterocycles. The lowest BCUT2D eigenvalue weighted by Crippen LogP contribution is -2.38. The largest absolute Gasteiger partial charge is 0.355 e. The average molecular weight is 475 g/mol. The van der Waals surface area contributed by atoms with Gasteiger partial charge in [-0.15, -0.1) is 0 Å². The third-order valence-electron chi connectivity index (χ3n) is 6.88. The van der Waals surface area contributed by atoms with Crippen molar-refractivity contribution in [2.45, 2.75) is 45.1 Å². The molecule has 0 saturated carbocycles. The van der Waals surface area contributed by atoms with E-state index in [0.29, 0.717) is 18.0 Å². The fourth-order valence-corrected chi connectivity index (χ4v) is 5.87. The van der Waals surface area contributed by atoms with Crippen molar-refractivity contribution < 1.29 is 9.59 Å². The highest BCUT2D eigenvalue weighted by Gasteiger charge is 2.18. The van der Waals surface area contributed by atoms with Gasteiger partial charge in [-0.1, -0.05) is 29.9 Å². The van der Waals surface area contributed by atoms with Gasteiger partial charge in [-0.05, 0) is 69.6 Å². The molecule has 0 spiro atoms. The van der Waals surface area contributed by atoms with Gasteiger partial charge >= 0.3 is 0 Å². The molecule has 2 aromatic carbocycles. The Kier molecular flexibility index (Phi) is 6.48. The smallest absolute Gasteiger partial charge is 0.251 e. The molecule has 1 saturated heterocycles. The number of piperidine rings is 1. The fraction of sp³-hybridized carbons (Fsp3) is 0.370. The zero-order valence-electron chi connectivity index (χ0n) is 19.7. The maximum Gasteiger partial charge on any atom is 0.251 e. The molecule has 0 bridgehead atoms. The number of rotatable bonds is 7. The maximum absolute atomic E-state index is 12.8. The summed E-state index contributed by atoms with van der Waals surface area (Å²) in [6.07, 6.45) is 7.40. The van der Waals surface area contributed by atoms with Crippen LogP contribution in [-0.2, 0) is 0 Å². The first-order valence-electron chi connectivity index (χ1n) is 12.0. The lowest BCUT2D eigenvalue weighted by molar-refractivity contribution is 0.0956. The van der Waals surface area contributed by atoms with Crippen molar-refractivity contribution in [3.63, 3.8) is 0 Å². The predicted molar refractivity (Wildman–Crippen MR) is 138 cm³/mol. The van der Waals surface area contributed by atoms with Gasteiger partial charge in [-0.25, -0.2) is 4.98 Å². The number of Topliss-reactive ketones (excluding diaryl/α,β-unsaturated/α-hetero) is 1. The zero-order chi connectivity index (χ0) is 23.7. The van der Waals surface area contributed by atoms with Gasteiger partial charge in [0.05, 0.1) is 15.9 Å². The van der Waals surface area contributed by atoms with Crippen LogP contribution >= 0.6 is 11.3 Å². The number of benzene rings is 2. The van der Waals surface area contributed by atoms with E-state index in [0.717, 1.165) is 51.5 Å². The van der Waals surface area contributed by atoms with Gasteiger partial charge in [0, 0.05) is 42.4 Å². The summed E-state index contributed by atoms with van der Waals surface area (Å²) in [5.41, 5.74) is 4.30. The van der Waals surface area contributed by atoms with Gasteiger partial charge in [-0.3, -0.25) is 14.0 Å². The highest BCUT2D eigenvalue weighted by molar-refractivity contribution is 7.23. The van der Waals surface area contributed by atoms with E-state index in [2.05, 4.69) is 21.5 Å². The zero-order valence-corrected chi connectivity index (χ0v) is 20.5. The normalized spacial score (nSPS) is 16.8. The van der Waals surface area contributed by atoms with Crippen LogP contribution in [0.1, 0.15) is 59.7 Å². The van der Waals surface area contributed by atoms with Crippen molar-refractivity contribution in [3.05, 3.63) is 59.8 Å². The Hall–Kier alpha value is -3.03. The van der Waals surface area contributed by atoms with E-state index in [1.807, 2.05) is 48.7 Å². The average Bonchev–Trinajstić information content (AvgIpc) is 3.42. The fourth-order valence-electron chi connectivity index (χ4n) is 4.83. The lowest BCUT2D eigenvalue weighted by Gasteiger charge is -2.33. The number of aromatic nitrogens is 2. The first-order chi connectivity index (χ1) is 16.5. The number of ketones is 1. The van der Waals surface area contributed by atoms with Gasteiger partial charge in [0.25, 0.3) is 5.91 Å². The minimum Gasteiger partial charge on any atom is -0.355 e. The highest BCUT2D eigenvalue weighted by atomic mass is 32.1. The van der Waals surface area contributed by atoms with E-state index >= 15 is 0 Å². The van der Waals surface area contributed by atoms with Crippen molar-refractivity contribution in [1.82, 2.24) is 19.6 Å². The van der Waals surface area contributed by atoms with Crippen molar-refractivity contribution in [2.24, 2.45) is 0 Å². The van der Waals surface area contributed by atoms with Crippen LogP contribution in [0.4, 0.5) is 0 Å². The van der Waals surface area contributed by atoms with Gasteiger partial charge in [0.2, 0.25) is 0 Å². The Morgan fingerprint density at radius 1 is 1.12 bits per heavy atom. The van der Waals surface area contributed by atoms with E-state index in [1.165, 1.54) is 19.3 Å². The lowest BCUT2D eigenvalue weighted by atomic mass is 10.0. The number of hydrogen-bond donors (Lipinski definition) is 1. The Morgan fingerprint density at radius 2 is 1.91 bits per heavy atom. The second-order valence-corrected chi connectivity index (χ2v) is 10.1. The van der Waals surface area contributed by atoms with Gasteiger partial charge in [0.1, 0.15) is 0 Å². The number of carbonyl (C=O) groups excluding carboxylic acids is 2. The van der Waals surface area contributed by atoms with Crippen molar-refractivity contribution in [3.8, 4) is 11.3 Å². The standard InChI is InChI=1S/C27H30N4O2S/c1-18-6-3-4-14-30(18)15-5-7-24(32)21-12-13-23-25(16-21)34-27-29-22(17-31(23)27)19-8-10-20(11-9-19)26(33)28-2/h8-13,16-18H,3-7,14-15H2,1-2H3,(H,28,33). The van der Waals surface area contributed by atoms with E-state index in [9.17, 15) is 9.59 Å². The van der Waals surface area contributed by atoms with E-state index in [-0.39, 0.29) is 11.7 Å². The molecule has 1 fully saturated rings. The van der Waals surface area contributed by atoms with Crippen LogP contribution in [0, 0.1) is 0 Å². The summed E-state index contributed by atoms with van der Waals surface area (Å²) >= 11 is 1.59.